The van der Waals surface area contributed by atoms with Crippen molar-refractivity contribution in [3.8, 4) is 0 Å². The quantitative estimate of drug-likeness (QED) is 0.825. The average molecular weight is 422 g/mol. The van der Waals surface area contributed by atoms with Gasteiger partial charge >= 0.3 is 6.03 Å². The number of primary amides is 1. The van der Waals surface area contributed by atoms with Gasteiger partial charge in [0.1, 0.15) is 0 Å². The van der Waals surface area contributed by atoms with Gasteiger partial charge in [-0.1, -0.05) is 23.2 Å². The second-order valence-corrected chi connectivity index (χ2v) is 8.53. The lowest BCUT2D eigenvalue weighted by atomic mass is 9.86. The highest BCUT2D eigenvalue weighted by Gasteiger charge is 2.45. The van der Waals surface area contributed by atoms with Crippen molar-refractivity contribution in [1.29, 1.82) is 0 Å². The minimum Gasteiger partial charge on any atom is -0.366 e. The summed E-state index contributed by atoms with van der Waals surface area (Å²) in [7, 11) is 0. The van der Waals surface area contributed by atoms with Crippen molar-refractivity contribution in [3.63, 3.8) is 0 Å². The van der Waals surface area contributed by atoms with E-state index in [1.807, 2.05) is 12.1 Å². The van der Waals surface area contributed by atoms with E-state index in [9.17, 15) is 9.59 Å². The van der Waals surface area contributed by atoms with Crippen LogP contribution < -0.4 is 5.73 Å². The summed E-state index contributed by atoms with van der Waals surface area (Å²) < 4.78 is 1.19. The highest BCUT2D eigenvalue weighted by Crippen LogP contribution is 2.40. The van der Waals surface area contributed by atoms with Crippen LogP contribution in [0.5, 0.6) is 0 Å². The summed E-state index contributed by atoms with van der Waals surface area (Å²) in [5.74, 6) is -0.594. The number of hydrogen-bond donors (Lipinski definition) is 1. The van der Waals surface area contributed by atoms with E-state index in [-0.39, 0.29) is 17.0 Å². The number of likely N-dealkylation sites (tertiary alicyclic amines) is 2. The van der Waals surface area contributed by atoms with E-state index in [0.29, 0.717) is 18.1 Å². The number of rotatable bonds is 3. The van der Waals surface area contributed by atoms with E-state index in [4.69, 9.17) is 28.9 Å². The summed E-state index contributed by atoms with van der Waals surface area (Å²) in [6, 6.07) is 5.30. The third-order valence-corrected chi connectivity index (χ3v) is 6.29. The van der Waals surface area contributed by atoms with Crippen LogP contribution in [0.1, 0.15) is 28.8 Å². The minimum atomic E-state index is -0.594. The van der Waals surface area contributed by atoms with Crippen molar-refractivity contribution in [2.24, 2.45) is 11.1 Å². The molecule has 2 aliphatic heterocycles. The van der Waals surface area contributed by atoms with Crippen molar-refractivity contribution in [1.82, 2.24) is 19.6 Å². The maximum absolute atomic E-state index is 12.7. The fourth-order valence-corrected chi connectivity index (χ4v) is 4.57. The molecule has 2 amide bonds. The molecule has 0 radical (unpaired) electrons. The zero-order valence-corrected chi connectivity index (χ0v) is 16.8. The number of hydrogen-bond acceptors (Lipinski definition) is 4. The Hall–Kier alpha value is -2.09. The van der Waals surface area contributed by atoms with Crippen molar-refractivity contribution < 1.29 is 9.59 Å². The van der Waals surface area contributed by atoms with Crippen molar-refractivity contribution >= 4 is 35.1 Å². The monoisotopic (exact) mass is 421 g/mol. The SMILES string of the molecule is NC(=O)c1cnn(C(=O)N2CCC3(CCN(Cc4cc(Cl)ccc4Cl)C3)C2)c1. The fourth-order valence-electron chi connectivity index (χ4n) is 4.20. The lowest BCUT2D eigenvalue weighted by Gasteiger charge is -2.25. The Morgan fingerprint density at radius 2 is 1.96 bits per heavy atom. The molecule has 1 atom stereocenters. The van der Waals surface area contributed by atoms with Crippen molar-refractivity contribution in [3.05, 3.63) is 51.8 Å². The van der Waals surface area contributed by atoms with Crippen LogP contribution in [-0.4, -0.2) is 57.7 Å². The molecule has 2 N–H and O–H groups in total. The van der Waals surface area contributed by atoms with Gasteiger partial charge in [-0.15, -0.1) is 0 Å². The van der Waals surface area contributed by atoms with Gasteiger partial charge in [-0.2, -0.15) is 9.78 Å². The number of aromatic nitrogens is 2. The van der Waals surface area contributed by atoms with Gasteiger partial charge in [-0.25, -0.2) is 4.79 Å². The van der Waals surface area contributed by atoms with Crippen molar-refractivity contribution in [2.45, 2.75) is 19.4 Å². The Labute approximate surface area is 173 Å². The first-order chi connectivity index (χ1) is 13.3. The summed E-state index contributed by atoms with van der Waals surface area (Å²) in [5, 5.41) is 5.37. The first-order valence-corrected chi connectivity index (χ1v) is 9.91. The molecule has 1 aromatic heterocycles. The Kier molecular flexibility index (Phi) is 5.07. The smallest absolute Gasteiger partial charge is 0.344 e. The zero-order valence-electron chi connectivity index (χ0n) is 15.3. The zero-order chi connectivity index (χ0) is 19.9. The van der Waals surface area contributed by atoms with Gasteiger partial charge in [-0.3, -0.25) is 9.69 Å². The molecule has 4 rings (SSSR count). The van der Waals surface area contributed by atoms with Gasteiger partial charge < -0.3 is 10.6 Å². The Morgan fingerprint density at radius 1 is 1.18 bits per heavy atom. The molecule has 0 bridgehead atoms. The summed E-state index contributed by atoms with van der Waals surface area (Å²) in [5.41, 5.74) is 6.57. The maximum Gasteiger partial charge on any atom is 0.344 e. The predicted molar refractivity (Wildman–Crippen MR) is 107 cm³/mol. The maximum atomic E-state index is 12.7. The van der Waals surface area contributed by atoms with Crippen LogP contribution in [0.3, 0.4) is 0 Å². The van der Waals surface area contributed by atoms with Crippen LogP contribution >= 0.6 is 23.2 Å². The highest BCUT2D eigenvalue weighted by atomic mass is 35.5. The first kappa shape index (κ1) is 19.2. The molecule has 28 heavy (non-hydrogen) atoms. The van der Waals surface area contributed by atoms with Crippen LogP contribution in [0, 0.1) is 5.41 Å². The van der Waals surface area contributed by atoms with Crippen LogP contribution in [-0.2, 0) is 6.54 Å². The molecule has 7 nitrogen and oxygen atoms in total. The minimum absolute atomic E-state index is 0.0837. The number of halogens is 2. The molecule has 1 spiro atoms. The van der Waals surface area contributed by atoms with Crippen LogP contribution in [0.2, 0.25) is 10.0 Å². The van der Waals surface area contributed by atoms with Crippen molar-refractivity contribution in [2.75, 3.05) is 26.2 Å². The molecule has 2 saturated heterocycles. The summed E-state index contributed by atoms with van der Waals surface area (Å²) in [6.45, 7) is 3.97. The molecule has 0 saturated carbocycles. The van der Waals surface area contributed by atoms with E-state index in [0.717, 1.165) is 43.1 Å². The lowest BCUT2D eigenvalue weighted by molar-refractivity contribution is 0.100. The molecular weight excluding hydrogens is 401 g/mol. The topological polar surface area (TPSA) is 84.5 Å². The number of carbonyl (C=O) groups is 2. The normalized spacial score (nSPS) is 22.3. The van der Waals surface area contributed by atoms with E-state index < -0.39 is 5.91 Å². The Balaban J connectivity index is 1.40. The Bertz CT molecular complexity index is 931. The molecule has 1 unspecified atom stereocenters. The fraction of sp³-hybridized carbons (Fsp3) is 0.421. The molecule has 2 aromatic rings. The number of amides is 2. The lowest BCUT2D eigenvalue weighted by Crippen LogP contribution is -2.36. The first-order valence-electron chi connectivity index (χ1n) is 9.15. The van der Waals surface area contributed by atoms with E-state index in [2.05, 4.69) is 10.00 Å². The van der Waals surface area contributed by atoms with Gasteiger partial charge in [0, 0.05) is 47.8 Å². The van der Waals surface area contributed by atoms with Gasteiger partial charge in [0.25, 0.3) is 5.91 Å². The van der Waals surface area contributed by atoms with Gasteiger partial charge in [0.2, 0.25) is 0 Å². The van der Waals surface area contributed by atoms with E-state index >= 15 is 0 Å². The largest absolute Gasteiger partial charge is 0.366 e. The van der Waals surface area contributed by atoms with Gasteiger partial charge in [0.05, 0.1) is 11.8 Å². The standard InChI is InChI=1S/C19H21Cl2N5O2/c20-15-1-2-16(21)13(7-15)9-24-5-3-19(11-24)4-6-25(12-19)18(28)26-10-14(8-23-26)17(22)27/h1-2,7-8,10H,3-6,9,11-12H2,(H2,22,27). The number of benzene rings is 1. The van der Waals surface area contributed by atoms with E-state index in [1.165, 1.54) is 17.1 Å². The van der Waals surface area contributed by atoms with Gasteiger partial charge in [-0.05, 0) is 43.1 Å². The predicted octanol–water partition coefficient (Wildman–Crippen LogP) is 2.85. The molecule has 3 heterocycles. The van der Waals surface area contributed by atoms with Crippen LogP contribution in [0.4, 0.5) is 4.79 Å². The molecule has 9 heteroatoms. The molecule has 148 valence electrons. The highest BCUT2D eigenvalue weighted by molar-refractivity contribution is 6.33. The van der Waals surface area contributed by atoms with Crippen LogP contribution in [0.25, 0.3) is 0 Å². The number of nitrogens with two attached hydrogens (primary N) is 1. The summed E-state index contributed by atoms with van der Waals surface area (Å²) in [6.07, 6.45) is 4.68. The summed E-state index contributed by atoms with van der Waals surface area (Å²) in [4.78, 5) is 28.1. The molecule has 1 aromatic carbocycles. The number of carbonyl (C=O) groups excluding carboxylic acids is 2. The number of nitrogens with zero attached hydrogens (tertiary/aromatic N) is 4. The molecule has 0 aliphatic carbocycles. The third kappa shape index (κ3) is 3.74. The second kappa shape index (κ2) is 7.39. The van der Waals surface area contributed by atoms with E-state index in [1.54, 1.807) is 11.0 Å². The summed E-state index contributed by atoms with van der Waals surface area (Å²) >= 11 is 12.4. The van der Waals surface area contributed by atoms with Crippen LogP contribution in [0.15, 0.2) is 30.6 Å². The van der Waals surface area contributed by atoms with Gasteiger partial charge in [0.15, 0.2) is 0 Å². The second-order valence-electron chi connectivity index (χ2n) is 7.69. The average Bonchev–Trinajstić information content (AvgIpc) is 3.38. The third-order valence-electron chi connectivity index (χ3n) is 5.69. The molecule has 2 aliphatic rings. The molecular formula is C19H21Cl2N5O2. The Morgan fingerprint density at radius 3 is 2.71 bits per heavy atom. The molecule has 2 fully saturated rings.